The zero-order valence-corrected chi connectivity index (χ0v) is 29.7. The molecule has 0 aromatic carbocycles. The van der Waals surface area contributed by atoms with Crippen molar-refractivity contribution >= 4 is 19.8 Å². The molecule has 45 heavy (non-hydrogen) atoms. The Morgan fingerprint density at radius 1 is 0.556 bits per heavy atom. The van der Waals surface area contributed by atoms with Gasteiger partial charge in [-0.05, 0) is 64.2 Å². The summed E-state index contributed by atoms with van der Waals surface area (Å²) >= 11 is 0. The average Bonchev–Trinajstić information content (AvgIpc) is 3.00. The highest BCUT2D eigenvalue weighted by Gasteiger charge is 2.22. The summed E-state index contributed by atoms with van der Waals surface area (Å²) < 4.78 is 26.2. The van der Waals surface area contributed by atoms with Gasteiger partial charge in [0, 0.05) is 12.8 Å². The Morgan fingerprint density at radius 2 is 0.933 bits per heavy atom. The van der Waals surface area contributed by atoms with Crippen LogP contribution in [0.15, 0.2) is 24.3 Å². The predicted octanol–water partition coefficient (Wildman–Crippen LogP) is 10.5. The van der Waals surface area contributed by atoms with E-state index in [1.807, 2.05) is 0 Å². The first-order valence-electron chi connectivity index (χ1n) is 18.1. The van der Waals surface area contributed by atoms with Crippen LogP contribution in [0.1, 0.15) is 174 Å². The van der Waals surface area contributed by atoms with E-state index < -0.39 is 32.5 Å². The number of unbranched alkanes of at least 4 members (excludes halogenated alkanes) is 19. The van der Waals surface area contributed by atoms with Gasteiger partial charge in [-0.25, -0.2) is 4.57 Å². The molecule has 0 spiro atoms. The number of ether oxygens (including phenoxy) is 2. The van der Waals surface area contributed by atoms with Crippen LogP contribution in [-0.4, -0.2) is 41.0 Å². The lowest BCUT2D eigenvalue weighted by Crippen LogP contribution is -2.29. The molecule has 0 fully saturated rings. The highest BCUT2D eigenvalue weighted by molar-refractivity contribution is 7.46. The minimum Gasteiger partial charge on any atom is -0.462 e. The van der Waals surface area contributed by atoms with Gasteiger partial charge in [-0.3, -0.25) is 14.1 Å². The second-order valence-electron chi connectivity index (χ2n) is 12.2. The van der Waals surface area contributed by atoms with Crippen LogP contribution < -0.4 is 0 Å². The van der Waals surface area contributed by atoms with E-state index in [2.05, 4.69) is 42.7 Å². The van der Waals surface area contributed by atoms with Gasteiger partial charge >= 0.3 is 19.8 Å². The van der Waals surface area contributed by atoms with Crippen LogP contribution in [0.4, 0.5) is 0 Å². The molecule has 0 aromatic heterocycles. The average molecular weight is 659 g/mol. The number of phosphoric ester groups is 1. The molecular weight excluding hydrogens is 591 g/mol. The summed E-state index contributed by atoms with van der Waals surface area (Å²) in [6.07, 6.45) is 34.7. The van der Waals surface area contributed by atoms with Crippen molar-refractivity contribution in [3.05, 3.63) is 24.3 Å². The van der Waals surface area contributed by atoms with E-state index in [9.17, 15) is 14.2 Å². The first-order valence-corrected chi connectivity index (χ1v) is 19.7. The molecule has 0 bridgehead atoms. The predicted molar refractivity (Wildman–Crippen MR) is 184 cm³/mol. The molecule has 0 aliphatic heterocycles. The number of allylic oxidation sites excluding steroid dienone is 4. The van der Waals surface area contributed by atoms with Gasteiger partial charge in [-0.1, -0.05) is 122 Å². The molecule has 264 valence electrons. The van der Waals surface area contributed by atoms with E-state index in [1.54, 1.807) is 0 Å². The van der Waals surface area contributed by atoms with Crippen LogP contribution in [0.25, 0.3) is 0 Å². The number of rotatable bonds is 33. The van der Waals surface area contributed by atoms with Crippen molar-refractivity contribution in [3.8, 4) is 0 Å². The third kappa shape index (κ3) is 35.2. The van der Waals surface area contributed by atoms with Crippen molar-refractivity contribution in [1.29, 1.82) is 0 Å². The quantitative estimate of drug-likeness (QED) is 0.0309. The van der Waals surface area contributed by atoms with Crippen molar-refractivity contribution in [2.75, 3.05) is 13.2 Å². The van der Waals surface area contributed by atoms with Crippen molar-refractivity contribution in [2.24, 2.45) is 0 Å². The molecule has 0 aliphatic rings. The summed E-state index contributed by atoms with van der Waals surface area (Å²) in [5.41, 5.74) is 0. The number of hydrogen-bond acceptors (Lipinski definition) is 6. The Kier molecular flexibility index (Phi) is 31.4. The fourth-order valence-corrected chi connectivity index (χ4v) is 5.31. The minimum absolute atomic E-state index is 0.201. The highest BCUT2D eigenvalue weighted by atomic mass is 31.2. The van der Waals surface area contributed by atoms with Crippen molar-refractivity contribution in [3.63, 3.8) is 0 Å². The Bertz CT molecular complexity index is 792. The minimum atomic E-state index is -4.75. The van der Waals surface area contributed by atoms with Crippen LogP contribution in [0.2, 0.25) is 0 Å². The van der Waals surface area contributed by atoms with Gasteiger partial charge in [0.25, 0.3) is 0 Å². The molecule has 0 amide bonds. The van der Waals surface area contributed by atoms with Gasteiger partial charge < -0.3 is 19.3 Å². The number of hydrogen-bond donors (Lipinski definition) is 2. The molecule has 0 aliphatic carbocycles. The van der Waals surface area contributed by atoms with Gasteiger partial charge in [0.15, 0.2) is 6.10 Å². The zero-order chi connectivity index (χ0) is 33.3. The van der Waals surface area contributed by atoms with E-state index in [4.69, 9.17) is 19.3 Å². The van der Waals surface area contributed by atoms with Crippen molar-refractivity contribution in [1.82, 2.24) is 0 Å². The Hall–Kier alpha value is -1.47. The third-order valence-corrected chi connectivity index (χ3v) is 8.18. The maximum atomic E-state index is 12.3. The molecule has 8 nitrogen and oxygen atoms in total. The van der Waals surface area contributed by atoms with E-state index >= 15 is 0 Å². The van der Waals surface area contributed by atoms with Crippen LogP contribution in [0.3, 0.4) is 0 Å². The van der Waals surface area contributed by atoms with E-state index in [0.29, 0.717) is 12.8 Å². The first kappa shape index (κ1) is 43.5. The first-order chi connectivity index (χ1) is 21.8. The monoisotopic (exact) mass is 658 g/mol. The lowest BCUT2D eigenvalue weighted by Gasteiger charge is -2.18. The Balaban J connectivity index is 4.01. The summed E-state index contributed by atoms with van der Waals surface area (Å²) in [4.78, 5) is 42.6. The molecule has 1 atom stereocenters. The van der Waals surface area contributed by atoms with E-state index in [1.165, 1.54) is 70.6 Å². The molecule has 9 heteroatoms. The topological polar surface area (TPSA) is 119 Å². The number of carbonyl (C=O) groups excluding carboxylic acids is 2. The molecule has 2 N–H and O–H groups in total. The second-order valence-corrected chi connectivity index (χ2v) is 13.4. The fraction of sp³-hybridized carbons (Fsp3) is 0.833. The lowest BCUT2D eigenvalue weighted by molar-refractivity contribution is -0.161. The SMILES string of the molecule is CCCCCC/C=C/CCCCCCCC(=O)O[C@H](COC(=O)CCCCCCC/C=C/CCCCCCC)COP(=O)(O)O. The molecule has 0 heterocycles. The number of esters is 2. The number of phosphoric acid groups is 1. The van der Waals surface area contributed by atoms with Crippen molar-refractivity contribution < 1.29 is 37.9 Å². The molecule has 0 unspecified atom stereocenters. The van der Waals surface area contributed by atoms with Crippen LogP contribution in [0, 0.1) is 0 Å². The fourth-order valence-electron chi connectivity index (χ4n) is 4.95. The third-order valence-electron chi connectivity index (χ3n) is 7.69. The van der Waals surface area contributed by atoms with Gasteiger partial charge in [-0.15, -0.1) is 0 Å². The van der Waals surface area contributed by atoms with Gasteiger partial charge in [0.2, 0.25) is 0 Å². The lowest BCUT2D eigenvalue weighted by atomic mass is 10.1. The number of carbonyl (C=O) groups is 2. The maximum absolute atomic E-state index is 12.3. The molecular formula is C36H67O8P. The smallest absolute Gasteiger partial charge is 0.462 e. The maximum Gasteiger partial charge on any atom is 0.469 e. The molecule has 0 rings (SSSR count). The van der Waals surface area contributed by atoms with Gasteiger partial charge in [0.05, 0.1) is 6.61 Å². The summed E-state index contributed by atoms with van der Waals surface area (Å²) in [6.45, 7) is 3.63. The van der Waals surface area contributed by atoms with Gasteiger partial charge in [0.1, 0.15) is 6.61 Å². The zero-order valence-electron chi connectivity index (χ0n) is 28.8. The van der Waals surface area contributed by atoms with E-state index in [0.717, 1.165) is 64.2 Å². The van der Waals surface area contributed by atoms with E-state index in [-0.39, 0.29) is 19.4 Å². The highest BCUT2D eigenvalue weighted by Crippen LogP contribution is 2.36. The summed E-state index contributed by atoms with van der Waals surface area (Å²) in [5.74, 6) is -0.904. The van der Waals surface area contributed by atoms with Crippen LogP contribution in [0.5, 0.6) is 0 Å². The Morgan fingerprint density at radius 3 is 1.38 bits per heavy atom. The molecule has 0 saturated heterocycles. The van der Waals surface area contributed by atoms with Crippen LogP contribution >= 0.6 is 7.82 Å². The van der Waals surface area contributed by atoms with Gasteiger partial charge in [-0.2, -0.15) is 0 Å². The standard InChI is InChI=1S/C36H67O8P/c1-3-5-7-9-11-13-15-17-19-20-22-24-26-28-30-35(37)42-32-34(33-43-45(39,40)41)44-36(38)31-29-27-25-23-21-18-16-14-12-10-8-6-4-2/h14-17,34H,3-13,18-33H2,1-2H3,(H2,39,40,41)/b16-14+,17-15+/t34-/m1/s1. The summed E-state index contributed by atoms with van der Waals surface area (Å²) in [6, 6.07) is 0. The largest absolute Gasteiger partial charge is 0.469 e. The summed E-state index contributed by atoms with van der Waals surface area (Å²) in [7, 11) is -4.75. The normalized spacial score (nSPS) is 12.7. The molecule has 0 saturated carbocycles. The Labute approximate surface area is 275 Å². The molecule has 0 aromatic rings. The second kappa shape index (κ2) is 32.5. The van der Waals surface area contributed by atoms with Crippen molar-refractivity contribution in [2.45, 2.75) is 180 Å². The summed E-state index contributed by atoms with van der Waals surface area (Å²) in [5, 5.41) is 0. The molecule has 0 radical (unpaired) electrons. The van der Waals surface area contributed by atoms with Crippen LogP contribution in [-0.2, 0) is 28.2 Å².